The molecule has 0 radical (unpaired) electrons. The number of nitrogens with zero attached hydrogens (tertiary/aromatic N) is 4. The van der Waals surface area contributed by atoms with Gasteiger partial charge in [0.25, 0.3) is 0 Å². The zero-order valence-electron chi connectivity index (χ0n) is 36.6. The Labute approximate surface area is 390 Å². The summed E-state index contributed by atoms with van der Waals surface area (Å²) < 4.78 is 9.13. The number of aromatic nitrogens is 4. The molecule has 0 atom stereocenters. The van der Waals surface area contributed by atoms with Gasteiger partial charge in [-0.3, -0.25) is 0 Å². The lowest BCUT2D eigenvalue weighted by molar-refractivity contribution is 0.669. The van der Waals surface area contributed by atoms with Crippen molar-refractivity contribution in [2.45, 2.75) is 0 Å². The lowest BCUT2D eigenvalue weighted by Crippen LogP contribution is -2.04. The molecule has 0 aliphatic heterocycles. The van der Waals surface area contributed by atoms with E-state index in [2.05, 4.69) is 199 Å². The second kappa shape index (κ2) is 15.2. The predicted octanol–water partition coefficient (Wildman–Crippen LogP) is 16.7. The maximum Gasteiger partial charge on any atom is 0.167 e. The molecule has 3 aromatic heterocycles. The Hall–Kier alpha value is -9.19. The minimum absolute atomic E-state index is 0.541. The van der Waals surface area contributed by atoms with Crippen molar-refractivity contribution in [3.8, 4) is 62.1 Å². The van der Waals surface area contributed by atoms with Gasteiger partial charge in [-0.25, -0.2) is 15.0 Å². The summed E-state index contributed by atoms with van der Waals surface area (Å²) in [5.74, 6) is 1.70. The van der Waals surface area contributed by atoms with E-state index in [1.807, 2.05) is 36.4 Å². The fourth-order valence-electron chi connectivity index (χ4n) is 10.4. The zero-order chi connectivity index (χ0) is 44.7. The first-order valence-electron chi connectivity index (χ1n) is 23.0. The first kappa shape index (κ1) is 38.1. The molecule has 68 heavy (non-hydrogen) atoms. The van der Waals surface area contributed by atoms with Gasteiger partial charge in [-0.1, -0.05) is 182 Å². The van der Waals surface area contributed by atoms with Crippen LogP contribution in [0.1, 0.15) is 0 Å². The lowest BCUT2D eigenvalue weighted by atomic mass is 9.91. The molecule has 0 bridgehead atoms. The number of hydrogen-bond donors (Lipinski definition) is 0. The Kier molecular flexibility index (Phi) is 8.52. The van der Waals surface area contributed by atoms with Crippen LogP contribution in [0.3, 0.4) is 0 Å². The van der Waals surface area contributed by atoms with Crippen LogP contribution in [0.2, 0.25) is 0 Å². The molecule has 14 rings (SSSR count). The molecular weight excluding hydrogens is 829 g/mol. The minimum Gasteiger partial charge on any atom is -0.455 e. The van der Waals surface area contributed by atoms with Crippen LogP contribution < -0.4 is 0 Å². The van der Waals surface area contributed by atoms with E-state index in [1.54, 1.807) is 0 Å². The molecule has 0 saturated carbocycles. The Morgan fingerprint density at radius 2 is 0.824 bits per heavy atom. The Bertz CT molecular complexity index is 4210. The van der Waals surface area contributed by atoms with Crippen LogP contribution in [0.5, 0.6) is 0 Å². The highest BCUT2D eigenvalue weighted by Gasteiger charge is 2.25. The van der Waals surface area contributed by atoms with Crippen molar-refractivity contribution >= 4 is 76.1 Å². The van der Waals surface area contributed by atoms with Crippen LogP contribution in [0.25, 0.3) is 138 Å². The van der Waals surface area contributed by atoms with E-state index in [0.29, 0.717) is 17.5 Å². The van der Waals surface area contributed by atoms with Crippen LogP contribution in [0, 0.1) is 0 Å². The second-order valence-electron chi connectivity index (χ2n) is 17.5. The third-order valence-electron chi connectivity index (χ3n) is 13.6. The van der Waals surface area contributed by atoms with Gasteiger partial charge in [-0.2, -0.15) is 0 Å². The molecule has 0 fully saturated rings. The summed E-state index contributed by atoms with van der Waals surface area (Å²) in [6.07, 6.45) is 0. The van der Waals surface area contributed by atoms with E-state index in [-0.39, 0.29) is 0 Å². The molecule has 0 amide bonds. The molecule has 3 heterocycles. The third kappa shape index (κ3) is 6.06. The molecule has 5 nitrogen and oxygen atoms in total. The van der Waals surface area contributed by atoms with E-state index in [0.717, 1.165) is 88.4 Å². The monoisotopic (exact) mass is 866 g/mol. The van der Waals surface area contributed by atoms with Crippen LogP contribution in [-0.4, -0.2) is 19.5 Å². The highest BCUT2D eigenvalue weighted by atomic mass is 16.3. The van der Waals surface area contributed by atoms with Crippen LogP contribution in [0.15, 0.2) is 235 Å². The van der Waals surface area contributed by atoms with E-state index in [4.69, 9.17) is 19.4 Å². The average Bonchev–Trinajstić information content (AvgIpc) is 3.94. The van der Waals surface area contributed by atoms with Crippen molar-refractivity contribution in [2.75, 3.05) is 0 Å². The lowest BCUT2D eigenvalue weighted by Gasteiger charge is -2.21. The van der Waals surface area contributed by atoms with Crippen molar-refractivity contribution in [2.24, 2.45) is 0 Å². The van der Waals surface area contributed by atoms with Gasteiger partial charge in [0.15, 0.2) is 17.5 Å². The second-order valence-corrected chi connectivity index (χ2v) is 17.5. The Balaban J connectivity index is 1.14. The van der Waals surface area contributed by atoms with Crippen molar-refractivity contribution in [3.05, 3.63) is 231 Å². The number of furan rings is 1. The topological polar surface area (TPSA) is 56.7 Å². The highest BCUT2D eigenvalue weighted by Crippen LogP contribution is 2.46. The quantitative estimate of drug-likeness (QED) is 0.167. The van der Waals surface area contributed by atoms with Gasteiger partial charge < -0.3 is 8.98 Å². The van der Waals surface area contributed by atoms with Crippen molar-refractivity contribution in [1.82, 2.24) is 19.5 Å². The molecule has 0 saturated heterocycles. The predicted molar refractivity (Wildman–Crippen MR) is 281 cm³/mol. The number of hydrogen-bond acceptors (Lipinski definition) is 4. The van der Waals surface area contributed by atoms with Crippen LogP contribution in [0.4, 0.5) is 0 Å². The normalized spacial score (nSPS) is 11.8. The zero-order valence-corrected chi connectivity index (χ0v) is 36.6. The SMILES string of the molecule is c1ccc(-c2ccc3c(-c4nc(-c5ccccc5)nc(-c5cccc6c5oc5ccccc56)n4)cc(-c4ccccc4)c(-n4c5cc6ccccc6cc5c5cc6ccccc6cc54)c3c2)cc1. The summed E-state index contributed by atoms with van der Waals surface area (Å²) in [6.45, 7) is 0. The molecule has 0 unspecified atom stereocenters. The molecule has 14 aromatic rings. The van der Waals surface area contributed by atoms with Gasteiger partial charge in [0, 0.05) is 43.6 Å². The van der Waals surface area contributed by atoms with E-state index < -0.39 is 0 Å². The summed E-state index contributed by atoms with van der Waals surface area (Å²) in [5.41, 5.74) is 11.9. The van der Waals surface area contributed by atoms with E-state index >= 15 is 0 Å². The van der Waals surface area contributed by atoms with Gasteiger partial charge in [0.1, 0.15) is 11.2 Å². The average molecular weight is 867 g/mol. The number of rotatable bonds is 6. The first-order chi connectivity index (χ1) is 33.7. The van der Waals surface area contributed by atoms with Gasteiger partial charge in [-0.15, -0.1) is 0 Å². The molecule has 11 aromatic carbocycles. The van der Waals surface area contributed by atoms with Crippen LogP contribution >= 0.6 is 0 Å². The molecule has 0 aliphatic rings. The van der Waals surface area contributed by atoms with Crippen molar-refractivity contribution in [1.29, 1.82) is 0 Å². The summed E-state index contributed by atoms with van der Waals surface area (Å²) in [5, 5.41) is 11.4. The van der Waals surface area contributed by atoms with E-state index in [9.17, 15) is 0 Å². The van der Waals surface area contributed by atoms with Gasteiger partial charge in [-0.05, 0) is 92.2 Å². The number of para-hydroxylation sites is 2. The van der Waals surface area contributed by atoms with Crippen molar-refractivity contribution < 1.29 is 4.42 Å². The standard InChI is InChI=1S/C63H38N4O/c1-4-17-39(18-5-1)46-31-32-47-54(35-46)59(67-56-36-44-25-12-10-23-42(44)33-52(56)53-34-43-24-11-13-26-45(43)37-57(53)67)51(40-19-6-2-7-20-40)38-55(47)63-65-61(41-21-8-3-9-22-41)64-62(66-63)50-29-16-28-49-48-27-14-15-30-58(48)68-60(49)50/h1-38H. The highest BCUT2D eigenvalue weighted by molar-refractivity contribution is 6.19. The number of benzene rings is 11. The smallest absolute Gasteiger partial charge is 0.167 e. The first-order valence-corrected chi connectivity index (χ1v) is 23.0. The fourth-order valence-corrected chi connectivity index (χ4v) is 10.4. The molecule has 5 heteroatoms. The van der Waals surface area contributed by atoms with Gasteiger partial charge in [0.2, 0.25) is 0 Å². The Morgan fingerprint density at radius 3 is 1.49 bits per heavy atom. The molecule has 316 valence electrons. The minimum atomic E-state index is 0.541. The molecule has 0 aliphatic carbocycles. The molecule has 0 spiro atoms. The number of fused-ring (bicyclic) bond motifs is 9. The summed E-state index contributed by atoms with van der Waals surface area (Å²) in [7, 11) is 0. The third-order valence-corrected chi connectivity index (χ3v) is 13.6. The summed E-state index contributed by atoms with van der Waals surface area (Å²) in [6, 6.07) is 82.0. The molecule has 0 N–H and O–H groups in total. The van der Waals surface area contributed by atoms with E-state index in [1.165, 1.54) is 32.3 Å². The largest absolute Gasteiger partial charge is 0.455 e. The van der Waals surface area contributed by atoms with Crippen molar-refractivity contribution in [3.63, 3.8) is 0 Å². The maximum absolute atomic E-state index is 6.61. The fraction of sp³-hybridized carbons (Fsp3) is 0. The van der Waals surface area contributed by atoms with Crippen LogP contribution in [-0.2, 0) is 0 Å². The van der Waals surface area contributed by atoms with Gasteiger partial charge >= 0.3 is 0 Å². The Morgan fingerprint density at radius 1 is 0.294 bits per heavy atom. The molecular formula is C63H38N4O. The summed E-state index contributed by atoms with van der Waals surface area (Å²) >= 11 is 0. The summed E-state index contributed by atoms with van der Waals surface area (Å²) in [4.78, 5) is 16.1. The van der Waals surface area contributed by atoms with Gasteiger partial charge in [0.05, 0.1) is 22.3 Å². The maximum atomic E-state index is 6.61.